The first-order chi connectivity index (χ1) is 5.65. The van der Waals surface area contributed by atoms with Gasteiger partial charge < -0.3 is 5.73 Å². The second kappa shape index (κ2) is 3.10. The molecule has 1 aromatic rings. The minimum atomic E-state index is -0.332. The standard InChI is InChI=1S/C10H9NO/c1-3-10(12)8-5-4-7(2)9(11)6-8/h1,4-6H,11H2,2H3. The number of hydrogen-bond donors (Lipinski definition) is 1. The molecule has 0 saturated heterocycles. The Hall–Kier alpha value is -1.75. The zero-order valence-electron chi connectivity index (χ0n) is 6.79. The largest absolute Gasteiger partial charge is 0.398 e. The van der Waals surface area contributed by atoms with Gasteiger partial charge in [-0.2, -0.15) is 0 Å². The van der Waals surface area contributed by atoms with Crippen LogP contribution in [0, 0.1) is 19.3 Å². The van der Waals surface area contributed by atoms with Crippen molar-refractivity contribution in [2.24, 2.45) is 0 Å². The Morgan fingerprint density at radius 2 is 2.25 bits per heavy atom. The highest BCUT2D eigenvalue weighted by atomic mass is 16.1. The van der Waals surface area contributed by atoms with Gasteiger partial charge in [0.15, 0.2) is 0 Å². The molecule has 2 heteroatoms. The lowest BCUT2D eigenvalue weighted by molar-refractivity contribution is 0.105. The Labute approximate surface area is 71.4 Å². The molecule has 0 heterocycles. The van der Waals surface area contributed by atoms with E-state index in [2.05, 4.69) is 0 Å². The van der Waals surface area contributed by atoms with E-state index in [4.69, 9.17) is 12.2 Å². The summed E-state index contributed by atoms with van der Waals surface area (Å²) in [5.41, 5.74) is 7.61. The lowest BCUT2D eigenvalue weighted by Gasteiger charge is -2.00. The maximum absolute atomic E-state index is 11.0. The molecule has 12 heavy (non-hydrogen) atoms. The number of anilines is 1. The molecular formula is C10H9NO. The smallest absolute Gasteiger partial charge is 0.235 e. The van der Waals surface area contributed by atoms with Gasteiger partial charge in [-0.3, -0.25) is 4.79 Å². The fourth-order valence-corrected chi connectivity index (χ4v) is 0.865. The number of terminal acetylenes is 1. The Kier molecular flexibility index (Phi) is 2.16. The van der Waals surface area contributed by atoms with Gasteiger partial charge >= 0.3 is 0 Å². The molecule has 0 unspecified atom stereocenters. The van der Waals surface area contributed by atoms with Crippen LogP contribution < -0.4 is 5.73 Å². The van der Waals surface area contributed by atoms with E-state index >= 15 is 0 Å². The molecule has 0 saturated carbocycles. The summed E-state index contributed by atoms with van der Waals surface area (Å²) in [6.45, 7) is 1.87. The van der Waals surface area contributed by atoms with Crippen molar-refractivity contribution in [2.75, 3.05) is 5.73 Å². The molecule has 1 aromatic carbocycles. The quantitative estimate of drug-likeness (QED) is 0.291. The second-order valence-corrected chi connectivity index (χ2v) is 2.54. The van der Waals surface area contributed by atoms with Gasteiger partial charge in [0.2, 0.25) is 5.78 Å². The highest BCUT2D eigenvalue weighted by Crippen LogP contribution is 2.12. The van der Waals surface area contributed by atoms with Crippen LogP contribution in [0.25, 0.3) is 0 Å². The molecule has 0 aliphatic heterocycles. The van der Waals surface area contributed by atoms with Crippen LogP contribution in [0.3, 0.4) is 0 Å². The fourth-order valence-electron chi connectivity index (χ4n) is 0.865. The number of benzene rings is 1. The lowest BCUT2D eigenvalue weighted by atomic mass is 10.1. The molecule has 0 radical (unpaired) electrons. The third-order valence-corrected chi connectivity index (χ3v) is 1.67. The van der Waals surface area contributed by atoms with Crippen molar-refractivity contribution >= 4 is 11.5 Å². The third kappa shape index (κ3) is 1.46. The summed E-state index contributed by atoms with van der Waals surface area (Å²) in [5.74, 6) is 1.70. The van der Waals surface area contributed by atoms with Gasteiger partial charge in [0, 0.05) is 11.3 Å². The number of carbonyl (C=O) groups is 1. The zero-order valence-corrected chi connectivity index (χ0v) is 6.79. The highest BCUT2D eigenvalue weighted by molar-refractivity contribution is 6.09. The van der Waals surface area contributed by atoms with Crippen molar-refractivity contribution in [3.8, 4) is 12.3 Å². The van der Waals surface area contributed by atoms with Gasteiger partial charge in [-0.15, -0.1) is 6.42 Å². The van der Waals surface area contributed by atoms with Gasteiger partial charge in [-0.1, -0.05) is 6.07 Å². The van der Waals surface area contributed by atoms with E-state index in [1.54, 1.807) is 18.2 Å². The molecule has 0 atom stereocenters. The monoisotopic (exact) mass is 159 g/mol. The summed E-state index contributed by atoms with van der Waals surface area (Å²) in [5, 5.41) is 0. The lowest BCUT2D eigenvalue weighted by Crippen LogP contribution is -1.97. The number of nitrogens with two attached hydrogens (primary N) is 1. The summed E-state index contributed by atoms with van der Waals surface area (Å²) < 4.78 is 0. The van der Waals surface area contributed by atoms with E-state index in [1.165, 1.54) is 0 Å². The molecule has 60 valence electrons. The molecule has 0 aliphatic carbocycles. The van der Waals surface area contributed by atoms with Gasteiger partial charge in [-0.25, -0.2) is 0 Å². The minimum absolute atomic E-state index is 0.332. The van der Waals surface area contributed by atoms with Crippen LogP contribution >= 0.6 is 0 Å². The van der Waals surface area contributed by atoms with E-state index in [1.807, 2.05) is 12.8 Å². The van der Waals surface area contributed by atoms with Gasteiger partial charge in [0.25, 0.3) is 0 Å². The van der Waals surface area contributed by atoms with Crippen LogP contribution in [-0.4, -0.2) is 5.78 Å². The minimum Gasteiger partial charge on any atom is -0.398 e. The van der Waals surface area contributed by atoms with Crippen molar-refractivity contribution in [3.63, 3.8) is 0 Å². The fraction of sp³-hybridized carbons (Fsp3) is 0.100. The molecule has 0 amide bonds. The molecule has 0 bridgehead atoms. The number of carbonyl (C=O) groups excluding carboxylic acids is 1. The van der Waals surface area contributed by atoms with Gasteiger partial charge in [-0.05, 0) is 30.5 Å². The van der Waals surface area contributed by atoms with Crippen LogP contribution in [0.15, 0.2) is 18.2 Å². The number of hydrogen-bond acceptors (Lipinski definition) is 2. The highest BCUT2D eigenvalue weighted by Gasteiger charge is 2.02. The summed E-state index contributed by atoms with van der Waals surface area (Å²) in [4.78, 5) is 11.0. The van der Waals surface area contributed by atoms with Crippen LogP contribution in [0.1, 0.15) is 15.9 Å². The average Bonchev–Trinajstić information content (AvgIpc) is 2.08. The van der Waals surface area contributed by atoms with Crippen molar-refractivity contribution < 1.29 is 4.79 Å². The van der Waals surface area contributed by atoms with Crippen molar-refractivity contribution in [3.05, 3.63) is 29.3 Å². The second-order valence-electron chi connectivity index (χ2n) is 2.54. The molecule has 2 nitrogen and oxygen atoms in total. The average molecular weight is 159 g/mol. The first-order valence-electron chi connectivity index (χ1n) is 3.52. The number of rotatable bonds is 1. The Morgan fingerprint density at radius 1 is 1.58 bits per heavy atom. The normalized spacial score (nSPS) is 9.00. The topological polar surface area (TPSA) is 43.1 Å². The predicted molar refractivity (Wildman–Crippen MR) is 48.8 cm³/mol. The Balaban J connectivity index is 3.15. The number of aryl methyl sites for hydroxylation is 1. The summed E-state index contributed by atoms with van der Waals surface area (Å²) in [6.07, 6.45) is 4.95. The zero-order chi connectivity index (χ0) is 9.14. The van der Waals surface area contributed by atoms with Crippen LogP contribution in [0.5, 0.6) is 0 Å². The molecule has 0 aliphatic rings. The molecule has 0 spiro atoms. The number of ketones is 1. The summed E-state index contributed by atoms with van der Waals surface area (Å²) in [7, 11) is 0. The van der Waals surface area contributed by atoms with Crippen LogP contribution in [0.2, 0.25) is 0 Å². The predicted octanol–water partition coefficient (Wildman–Crippen LogP) is 1.39. The van der Waals surface area contributed by atoms with Crippen molar-refractivity contribution in [2.45, 2.75) is 6.92 Å². The molecular weight excluding hydrogens is 150 g/mol. The van der Waals surface area contributed by atoms with E-state index in [-0.39, 0.29) is 5.78 Å². The first-order valence-corrected chi connectivity index (χ1v) is 3.52. The van der Waals surface area contributed by atoms with E-state index in [0.29, 0.717) is 11.3 Å². The first kappa shape index (κ1) is 8.35. The van der Waals surface area contributed by atoms with Crippen molar-refractivity contribution in [1.29, 1.82) is 0 Å². The third-order valence-electron chi connectivity index (χ3n) is 1.67. The van der Waals surface area contributed by atoms with Crippen LogP contribution in [0.4, 0.5) is 5.69 Å². The molecule has 0 aromatic heterocycles. The maximum atomic E-state index is 11.0. The Bertz CT molecular complexity index is 361. The molecule has 2 N–H and O–H groups in total. The summed E-state index contributed by atoms with van der Waals surface area (Å²) >= 11 is 0. The number of Topliss-reactive ketones (excluding diaryl/α,β-unsaturated/α-hetero) is 1. The SMILES string of the molecule is C#CC(=O)c1ccc(C)c(N)c1. The van der Waals surface area contributed by atoms with Gasteiger partial charge in [0.05, 0.1) is 0 Å². The number of nitrogen functional groups attached to an aromatic ring is 1. The van der Waals surface area contributed by atoms with Gasteiger partial charge in [0.1, 0.15) is 0 Å². The Morgan fingerprint density at radius 3 is 2.75 bits per heavy atom. The van der Waals surface area contributed by atoms with E-state index in [0.717, 1.165) is 5.56 Å². The van der Waals surface area contributed by atoms with E-state index < -0.39 is 0 Å². The maximum Gasteiger partial charge on any atom is 0.235 e. The summed E-state index contributed by atoms with van der Waals surface area (Å²) in [6, 6.07) is 5.05. The molecule has 1 rings (SSSR count). The van der Waals surface area contributed by atoms with Crippen LogP contribution in [-0.2, 0) is 0 Å². The molecule has 0 fully saturated rings. The van der Waals surface area contributed by atoms with Crippen molar-refractivity contribution in [1.82, 2.24) is 0 Å². The van der Waals surface area contributed by atoms with E-state index in [9.17, 15) is 4.79 Å².